The summed E-state index contributed by atoms with van der Waals surface area (Å²) in [5, 5.41) is 0. The van der Waals surface area contributed by atoms with Gasteiger partial charge in [0.15, 0.2) is 0 Å². The van der Waals surface area contributed by atoms with Crippen LogP contribution in [0.5, 0.6) is 0 Å². The summed E-state index contributed by atoms with van der Waals surface area (Å²) in [6, 6.07) is 22.0. The Balaban J connectivity index is 1.91. The van der Waals surface area contributed by atoms with Gasteiger partial charge in [-0.1, -0.05) is 67.1 Å². The molecule has 0 N–H and O–H groups in total. The van der Waals surface area contributed by atoms with E-state index in [0.29, 0.717) is 0 Å². The maximum absolute atomic E-state index is 2.28. The van der Waals surface area contributed by atoms with Gasteiger partial charge in [0, 0.05) is 0 Å². The van der Waals surface area contributed by atoms with E-state index in [1.54, 1.807) is 0 Å². The van der Waals surface area contributed by atoms with Crippen molar-refractivity contribution in [2.24, 2.45) is 0 Å². The topological polar surface area (TPSA) is 0 Å². The quantitative estimate of drug-likeness (QED) is 0.688. The third-order valence-corrected chi connectivity index (χ3v) is 3.97. The second kappa shape index (κ2) is 4.75. The van der Waals surface area contributed by atoms with Gasteiger partial charge < -0.3 is 0 Å². The van der Waals surface area contributed by atoms with Crippen LogP contribution in [0.1, 0.15) is 42.2 Å². The molecule has 17 heavy (non-hydrogen) atoms. The first-order valence-corrected chi connectivity index (χ1v) is 6.55. The van der Waals surface area contributed by atoms with Gasteiger partial charge in [-0.25, -0.2) is 0 Å². The van der Waals surface area contributed by atoms with Gasteiger partial charge in [-0.2, -0.15) is 0 Å². The van der Waals surface area contributed by atoms with Crippen LogP contribution in [0.2, 0.25) is 0 Å². The second-order valence-corrected chi connectivity index (χ2v) is 4.97. The SMILES string of the molecule is c1ccc([C@@H]2CCC[C@H]2c2ccccc2)cc1. The summed E-state index contributed by atoms with van der Waals surface area (Å²) in [4.78, 5) is 0. The molecule has 0 nitrogen and oxygen atoms in total. The Bertz CT molecular complexity index is 412. The lowest BCUT2D eigenvalue weighted by Crippen LogP contribution is -2.04. The summed E-state index contributed by atoms with van der Waals surface area (Å²) in [6.45, 7) is 0. The first-order valence-electron chi connectivity index (χ1n) is 6.55. The van der Waals surface area contributed by atoms with E-state index in [0.717, 1.165) is 11.8 Å². The van der Waals surface area contributed by atoms with E-state index in [-0.39, 0.29) is 0 Å². The average molecular weight is 222 g/mol. The Morgan fingerprint density at radius 1 is 0.588 bits per heavy atom. The van der Waals surface area contributed by atoms with Crippen LogP contribution < -0.4 is 0 Å². The van der Waals surface area contributed by atoms with E-state index < -0.39 is 0 Å². The highest BCUT2D eigenvalue weighted by atomic mass is 14.3. The minimum absolute atomic E-state index is 0.721. The van der Waals surface area contributed by atoms with E-state index in [1.165, 1.54) is 30.4 Å². The molecule has 0 heterocycles. The molecule has 0 aliphatic heterocycles. The van der Waals surface area contributed by atoms with Crippen molar-refractivity contribution in [2.75, 3.05) is 0 Å². The Morgan fingerprint density at radius 3 is 1.41 bits per heavy atom. The molecule has 1 fully saturated rings. The van der Waals surface area contributed by atoms with Gasteiger partial charge in [0.1, 0.15) is 0 Å². The van der Waals surface area contributed by atoms with Crippen molar-refractivity contribution >= 4 is 0 Å². The van der Waals surface area contributed by atoms with Crippen molar-refractivity contribution in [3.63, 3.8) is 0 Å². The lowest BCUT2D eigenvalue weighted by molar-refractivity contribution is 0.624. The second-order valence-electron chi connectivity index (χ2n) is 4.97. The van der Waals surface area contributed by atoms with Crippen molar-refractivity contribution in [1.82, 2.24) is 0 Å². The van der Waals surface area contributed by atoms with Gasteiger partial charge in [-0.15, -0.1) is 0 Å². The largest absolute Gasteiger partial charge is 0.0622 e. The third kappa shape index (κ3) is 2.12. The first-order chi connectivity index (χ1) is 8.45. The number of rotatable bonds is 2. The first kappa shape index (κ1) is 10.6. The lowest BCUT2D eigenvalue weighted by Gasteiger charge is -2.20. The normalized spacial score (nSPS) is 23.8. The molecule has 1 saturated carbocycles. The summed E-state index contributed by atoms with van der Waals surface area (Å²) in [7, 11) is 0. The molecule has 2 aromatic rings. The highest BCUT2D eigenvalue weighted by Crippen LogP contribution is 2.45. The predicted molar refractivity (Wildman–Crippen MR) is 72.2 cm³/mol. The summed E-state index contributed by atoms with van der Waals surface area (Å²) in [6.07, 6.45) is 4.03. The molecule has 86 valence electrons. The number of hydrogen-bond donors (Lipinski definition) is 0. The fraction of sp³-hybridized carbons (Fsp3) is 0.294. The van der Waals surface area contributed by atoms with E-state index in [4.69, 9.17) is 0 Å². The molecule has 0 aromatic heterocycles. The monoisotopic (exact) mass is 222 g/mol. The summed E-state index contributed by atoms with van der Waals surface area (Å²) in [5.41, 5.74) is 3.03. The van der Waals surface area contributed by atoms with Crippen molar-refractivity contribution in [1.29, 1.82) is 0 Å². The fourth-order valence-corrected chi connectivity index (χ4v) is 3.16. The molecule has 3 rings (SSSR count). The minimum Gasteiger partial charge on any atom is -0.0622 e. The summed E-state index contributed by atoms with van der Waals surface area (Å²) >= 11 is 0. The molecule has 0 unspecified atom stereocenters. The van der Waals surface area contributed by atoms with Gasteiger partial charge in [0.2, 0.25) is 0 Å². The molecule has 0 heteroatoms. The molecule has 0 radical (unpaired) electrons. The van der Waals surface area contributed by atoms with Gasteiger partial charge in [-0.05, 0) is 35.8 Å². The predicted octanol–water partition coefficient (Wildman–Crippen LogP) is 4.74. The maximum atomic E-state index is 2.28. The van der Waals surface area contributed by atoms with Crippen LogP contribution in [0.3, 0.4) is 0 Å². The molecule has 2 aromatic carbocycles. The molecule has 1 aliphatic rings. The van der Waals surface area contributed by atoms with Crippen LogP contribution in [-0.2, 0) is 0 Å². The molecular formula is C17H18. The van der Waals surface area contributed by atoms with E-state index in [2.05, 4.69) is 60.7 Å². The zero-order valence-corrected chi connectivity index (χ0v) is 10.0. The smallest absolute Gasteiger partial charge is 0.00931 e. The molecule has 1 aliphatic carbocycles. The van der Waals surface area contributed by atoms with Crippen LogP contribution in [0.4, 0.5) is 0 Å². The van der Waals surface area contributed by atoms with Crippen LogP contribution >= 0.6 is 0 Å². The van der Waals surface area contributed by atoms with Crippen molar-refractivity contribution in [2.45, 2.75) is 31.1 Å². The molecule has 0 saturated heterocycles. The van der Waals surface area contributed by atoms with Crippen molar-refractivity contribution in [3.8, 4) is 0 Å². The van der Waals surface area contributed by atoms with E-state index in [1.807, 2.05) is 0 Å². The standard InChI is InChI=1S/C17H18/c1-3-8-14(9-4-1)16-12-7-13-17(16)15-10-5-2-6-11-15/h1-6,8-11,16-17H,7,12-13H2/t16-,17-/m0/s1. The Morgan fingerprint density at radius 2 is 1.00 bits per heavy atom. The highest BCUT2D eigenvalue weighted by Gasteiger charge is 2.29. The Hall–Kier alpha value is -1.56. The van der Waals surface area contributed by atoms with Crippen LogP contribution in [0.15, 0.2) is 60.7 Å². The average Bonchev–Trinajstić information content (AvgIpc) is 2.90. The number of hydrogen-bond acceptors (Lipinski definition) is 0. The third-order valence-electron chi connectivity index (χ3n) is 3.97. The summed E-state index contributed by atoms with van der Waals surface area (Å²) < 4.78 is 0. The van der Waals surface area contributed by atoms with Gasteiger partial charge >= 0.3 is 0 Å². The van der Waals surface area contributed by atoms with Crippen molar-refractivity contribution in [3.05, 3.63) is 71.8 Å². The van der Waals surface area contributed by atoms with Crippen LogP contribution in [0, 0.1) is 0 Å². The fourth-order valence-electron chi connectivity index (χ4n) is 3.16. The summed E-state index contributed by atoms with van der Waals surface area (Å²) in [5.74, 6) is 1.44. The molecule has 2 atom stereocenters. The zero-order valence-electron chi connectivity index (χ0n) is 10.0. The lowest BCUT2D eigenvalue weighted by atomic mass is 9.84. The maximum Gasteiger partial charge on any atom is -0.00931 e. The minimum atomic E-state index is 0.721. The number of benzene rings is 2. The van der Waals surface area contributed by atoms with Gasteiger partial charge in [0.05, 0.1) is 0 Å². The molecule has 0 spiro atoms. The van der Waals surface area contributed by atoms with Gasteiger partial charge in [-0.3, -0.25) is 0 Å². The molecule has 0 bridgehead atoms. The zero-order chi connectivity index (χ0) is 11.5. The van der Waals surface area contributed by atoms with E-state index >= 15 is 0 Å². The van der Waals surface area contributed by atoms with Crippen LogP contribution in [-0.4, -0.2) is 0 Å². The van der Waals surface area contributed by atoms with Gasteiger partial charge in [0.25, 0.3) is 0 Å². The Labute approximate surface area is 103 Å². The molecule has 0 amide bonds. The Kier molecular flexibility index (Phi) is 2.96. The van der Waals surface area contributed by atoms with Crippen molar-refractivity contribution < 1.29 is 0 Å². The molecular weight excluding hydrogens is 204 g/mol. The van der Waals surface area contributed by atoms with E-state index in [9.17, 15) is 0 Å². The van der Waals surface area contributed by atoms with Crippen LogP contribution in [0.25, 0.3) is 0 Å². The highest BCUT2D eigenvalue weighted by molar-refractivity contribution is 5.30.